The summed E-state index contributed by atoms with van der Waals surface area (Å²) in [5.41, 5.74) is 0. The van der Waals surface area contributed by atoms with Gasteiger partial charge in [0.15, 0.2) is 0 Å². The fraction of sp³-hybridized carbons (Fsp3) is 0. The van der Waals surface area contributed by atoms with Crippen LogP contribution in [0.4, 0.5) is 0 Å². The molecule has 2 nitrogen and oxygen atoms in total. The van der Waals surface area contributed by atoms with Crippen molar-refractivity contribution in [2.75, 3.05) is 0 Å². The fourth-order valence-electron chi connectivity index (χ4n) is 0.176. The molecule has 1 rings (SSSR count). The molecule has 0 atom stereocenters. The molecule has 1 aromatic rings. The third kappa shape index (κ3) is 1.06. The van der Waals surface area contributed by atoms with E-state index in [0.717, 1.165) is 0 Å². The van der Waals surface area contributed by atoms with Crippen LogP contribution in [0.15, 0.2) is 16.7 Å². The van der Waals surface area contributed by atoms with E-state index in [0.29, 0.717) is 0 Å². The SMILES string of the molecule is [B].b1ccon1. The molecule has 0 saturated carbocycles. The normalized spacial score (nSPS) is 6.00. The maximum absolute atomic E-state index is 4.33. The van der Waals surface area contributed by atoms with Gasteiger partial charge in [-0.05, 0) is 0 Å². The van der Waals surface area contributed by atoms with Crippen molar-refractivity contribution in [3.63, 3.8) is 0 Å². The van der Waals surface area contributed by atoms with Crippen LogP contribution in [0.2, 0.25) is 0 Å². The molecule has 27 valence electrons. The van der Waals surface area contributed by atoms with Crippen molar-refractivity contribution < 1.29 is 4.52 Å². The summed E-state index contributed by atoms with van der Waals surface area (Å²) < 4.78 is 4.33. The Kier molecular flexibility index (Phi) is 2.46. The van der Waals surface area contributed by atoms with Crippen LogP contribution >= 0.6 is 0 Å². The van der Waals surface area contributed by atoms with Gasteiger partial charge in [-0.25, -0.2) is 0 Å². The number of nitrogens with zero attached hydrogens (tertiary/aromatic N) is 1. The van der Waals surface area contributed by atoms with E-state index >= 15 is 0 Å². The number of rotatable bonds is 0. The Bertz CT molecular complexity index is 68.0. The number of hydrogen-bond donors (Lipinski definition) is 0. The molecule has 0 amide bonds. The molecule has 3 radical (unpaired) electrons. The Balaban J connectivity index is 0.000000250. The molecule has 4 heteroatoms. The zero-order valence-corrected chi connectivity index (χ0v) is 3.16. The monoisotopic (exact) mass is 78.0 g/mol. The van der Waals surface area contributed by atoms with Crippen LogP contribution in [0.1, 0.15) is 0 Å². The predicted molar refractivity (Wildman–Crippen MR) is 23.6 cm³/mol. The quantitative estimate of drug-likeness (QED) is 0.395. The van der Waals surface area contributed by atoms with E-state index in [-0.39, 0.29) is 8.41 Å². The van der Waals surface area contributed by atoms with E-state index in [4.69, 9.17) is 0 Å². The average molecular weight is 77.7 g/mol. The molecule has 1 heterocycles. The minimum atomic E-state index is 0. The van der Waals surface area contributed by atoms with E-state index in [1.807, 2.05) is 0 Å². The Morgan fingerprint density at radius 2 is 2.50 bits per heavy atom. The number of hydrogen-bond acceptors (Lipinski definition) is 2. The maximum atomic E-state index is 4.33. The molecular formula is C2H2B2NO. The van der Waals surface area contributed by atoms with Gasteiger partial charge in [-0.1, -0.05) is 0 Å². The van der Waals surface area contributed by atoms with Gasteiger partial charge in [-0.3, -0.25) is 0 Å². The van der Waals surface area contributed by atoms with Crippen molar-refractivity contribution in [2.45, 2.75) is 0 Å². The second-order valence-corrected chi connectivity index (χ2v) is 0.688. The summed E-state index contributed by atoms with van der Waals surface area (Å²) in [5.74, 6) is 1.72. The summed E-state index contributed by atoms with van der Waals surface area (Å²) in [6, 6.07) is 0. The summed E-state index contributed by atoms with van der Waals surface area (Å²) >= 11 is 0. The second kappa shape index (κ2) is 2.69. The first-order valence-corrected chi connectivity index (χ1v) is 1.34. The molecule has 0 aliphatic heterocycles. The van der Waals surface area contributed by atoms with Crippen LogP contribution in [0.5, 0.6) is 0 Å². The summed E-state index contributed by atoms with van der Waals surface area (Å²) in [4.78, 5) is 0. The van der Waals surface area contributed by atoms with Gasteiger partial charge in [0.2, 0.25) is 0 Å². The van der Waals surface area contributed by atoms with Crippen molar-refractivity contribution >= 4 is 15.5 Å². The first kappa shape index (κ1) is 5.47. The Morgan fingerprint density at radius 1 is 1.67 bits per heavy atom. The average Bonchev–Trinajstić information content (AvgIpc) is 1.76. The third-order valence-electron chi connectivity index (χ3n) is 0.347. The third-order valence-corrected chi connectivity index (χ3v) is 0.347. The summed E-state index contributed by atoms with van der Waals surface area (Å²) in [6.45, 7) is 0. The fourth-order valence-corrected chi connectivity index (χ4v) is 0.176. The number of aromatic nitrogens is 1. The minimum absolute atomic E-state index is 0. The molecule has 6 heavy (non-hydrogen) atoms. The second-order valence-electron chi connectivity index (χ2n) is 0.688. The van der Waals surface area contributed by atoms with Crippen LogP contribution in [0.3, 0.4) is 0 Å². The summed E-state index contributed by atoms with van der Waals surface area (Å²) in [6.07, 6.45) is 1.51. The molecule has 0 bridgehead atoms. The Morgan fingerprint density at radius 3 is 2.67 bits per heavy atom. The van der Waals surface area contributed by atoms with Gasteiger partial charge in [-0.2, -0.15) is 0 Å². The van der Waals surface area contributed by atoms with Gasteiger partial charge >= 0.3 is 28.9 Å². The molecule has 0 aromatic carbocycles. The topological polar surface area (TPSA) is 26.0 Å². The van der Waals surface area contributed by atoms with Crippen LogP contribution in [0, 0.1) is 0 Å². The molecule has 0 aliphatic rings. The first-order chi connectivity index (χ1) is 2.50. The molecular weight excluding hydrogens is 75.7 g/mol. The van der Waals surface area contributed by atoms with Gasteiger partial charge in [0.25, 0.3) is 0 Å². The predicted octanol–water partition coefficient (Wildman–Crippen LogP) is -0.368. The van der Waals surface area contributed by atoms with E-state index in [1.165, 1.54) is 6.26 Å². The van der Waals surface area contributed by atoms with Gasteiger partial charge in [-0.15, -0.1) is 0 Å². The molecule has 0 aliphatic carbocycles. The van der Waals surface area contributed by atoms with Crippen LogP contribution in [-0.2, 0) is 0 Å². The summed E-state index contributed by atoms with van der Waals surface area (Å²) in [5, 5.41) is 3.35. The Labute approximate surface area is 38.3 Å². The van der Waals surface area contributed by atoms with Gasteiger partial charge in [0.1, 0.15) is 0 Å². The van der Waals surface area contributed by atoms with Crippen LogP contribution in [0.25, 0.3) is 0 Å². The van der Waals surface area contributed by atoms with Crippen LogP contribution in [-0.4, -0.2) is 20.5 Å². The van der Waals surface area contributed by atoms with Crippen molar-refractivity contribution in [3.8, 4) is 0 Å². The van der Waals surface area contributed by atoms with E-state index in [2.05, 4.69) is 9.59 Å². The van der Waals surface area contributed by atoms with E-state index < -0.39 is 0 Å². The zero-order valence-electron chi connectivity index (χ0n) is 3.16. The van der Waals surface area contributed by atoms with Gasteiger partial charge < -0.3 is 0 Å². The Hall–Kier alpha value is -0.530. The van der Waals surface area contributed by atoms with Gasteiger partial charge in [0, 0.05) is 8.41 Å². The molecule has 0 N–H and O–H groups in total. The van der Waals surface area contributed by atoms with E-state index in [1.54, 1.807) is 13.0 Å². The van der Waals surface area contributed by atoms with Crippen molar-refractivity contribution in [1.82, 2.24) is 5.06 Å². The molecule has 0 unspecified atom stereocenters. The van der Waals surface area contributed by atoms with Crippen LogP contribution < -0.4 is 0 Å². The zero-order chi connectivity index (χ0) is 3.54. The molecule has 0 saturated heterocycles. The van der Waals surface area contributed by atoms with E-state index in [9.17, 15) is 0 Å². The standard InChI is InChI=1S/C2H2BNO.B/c1-2-5-4-3-1;/h1-2H;. The molecule has 0 fully saturated rings. The van der Waals surface area contributed by atoms with Crippen molar-refractivity contribution in [3.05, 3.63) is 12.2 Å². The van der Waals surface area contributed by atoms with Gasteiger partial charge in [0.05, 0.1) is 0 Å². The molecule has 0 spiro atoms. The van der Waals surface area contributed by atoms with Crippen molar-refractivity contribution in [1.29, 1.82) is 0 Å². The molecule has 1 aromatic heterocycles. The summed E-state index contributed by atoms with van der Waals surface area (Å²) in [7, 11) is 1.58. The first-order valence-electron chi connectivity index (χ1n) is 1.34. The van der Waals surface area contributed by atoms with Crippen molar-refractivity contribution in [2.24, 2.45) is 0 Å².